The Balaban J connectivity index is 1.98. The lowest BCUT2D eigenvalue weighted by molar-refractivity contribution is -0.138. The van der Waals surface area contributed by atoms with Crippen LogP contribution in [0.5, 0.6) is 0 Å². The summed E-state index contributed by atoms with van der Waals surface area (Å²) in [4.78, 5) is 16.1. The van der Waals surface area contributed by atoms with E-state index in [2.05, 4.69) is 4.90 Å². The number of hydrogen-bond acceptors (Lipinski definition) is 4. The van der Waals surface area contributed by atoms with Crippen LogP contribution in [0.1, 0.15) is 25.0 Å². The summed E-state index contributed by atoms with van der Waals surface area (Å²) in [6, 6.07) is 8.05. The topological polar surface area (TPSA) is 56.6 Å². The van der Waals surface area contributed by atoms with Crippen molar-refractivity contribution in [3.8, 4) is 6.07 Å². The zero-order valence-electron chi connectivity index (χ0n) is 13.5. The quantitative estimate of drug-likeness (QED) is 0.832. The summed E-state index contributed by atoms with van der Waals surface area (Å²) in [7, 11) is 1.72. The van der Waals surface area contributed by atoms with Crippen LogP contribution in [0, 0.1) is 17.1 Å². The SMILES string of the molecule is C[C@H](C(=O)N(C)CCC#N)N1CCO[C@H](c2ccc(F)cc2)C1. The number of likely N-dealkylation sites (N-methyl/N-ethyl adjacent to an activating group) is 1. The van der Waals surface area contributed by atoms with Crippen molar-refractivity contribution in [2.24, 2.45) is 0 Å². The Morgan fingerprint density at radius 2 is 2.22 bits per heavy atom. The van der Waals surface area contributed by atoms with E-state index in [-0.39, 0.29) is 23.9 Å². The first kappa shape index (κ1) is 17.4. The molecule has 23 heavy (non-hydrogen) atoms. The fourth-order valence-electron chi connectivity index (χ4n) is 2.70. The van der Waals surface area contributed by atoms with Crippen LogP contribution >= 0.6 is 0 Å². The van der Waals surface area contributed by atoms with E-state index in [0.29, 0.717) is 32.7 Å². The molecule has 0 spiro atoms. The summed E-state index contributed by atoms with van der Waals surface area (Å²) in [5.41, 5.74) is 0.911. The van der Waals surface area contributed by atoms with Crippen molar-refractivity contribution in [2.75, 3.05) is 33.3 Å². The summed E-state index contributed by atoms with van der Waals surface area (Å²) in [6.45, 7) is 4.10. The first-order chi connectivity index (χ1) is 11.0. The molecule has 0 aliphatic carbocycles. The third-order valence-corrected chi connectivity index (χ3v) is 4.18. The number of rotatable bonds is 5. The lowest BCUT2D eigenvalue weighted by atomic mass is 10.1. The van der Waals surface area contributed by atoms with Gasteiger partial charge in [-0.2, -0.15) is 5.26 Å². The first-order valence-corrected chi connectivity index (χ1v) is 7.76. The zero-order valence-corrected chi connectivity index (χ0v) is 13.5. The minimum absolute atomic E-state index is 0.00000567. The number of morpholine rings is 1. The number of carbonyl (C=O) groups excluding carboxylic acids is 1. The molecule has 1 fully saturated rings. The summed E-state index contributed by atoms with van der Waals surface area (Å²) >= 11 is 0. The van der Waals surface area contributed by atoms with Crippen molar-refractivity contribution in [3.63, 3.8) is 0 Å². The van der Waals surface area contributed by atoms with E-state index in [1.165, 1.54) is 12.1 Å². The van der Waals surface area contributed by atoms with Gasteiger partial charge in [0.1, 0.15) is 5.82 Å². The van der Waals surface area contributed by atoms with Crippen molar-refractivity contribution >= 4 is 5.91 Å². The number of nitriles is 1. The van der Waals surface area contributed by atoms with Crippen molar-refractivity contribution in [1.29, 1.82) is 5.26 Å². The summed E-state index contributed by atoms with van der Waals surface area (Å²) < 4.78 is 18.8. The van der Waals surface area contributed by atoms with E-state index in [1.807, 2.05) is 13.0 Å². The molecule has 0 saturated carbocycles. The normalized spacial score (nSPS) is 19.8. The Hall–Kier alpha value is -1.97. The molecule has 2 rings (SSSR count). The maximum Gasteiger partial charge on any atom is 0.239 e. The van der Waals surface area contributed by atoms with Crippen LogP contribution in [0.2, 0.25) is 0 Å². The second-order valence-corrected chi connectivity index (χ2v) is 5.75. The second-order valence-electron chi connectivity index (χ2n) is 5.75. The molecule has 2 atom stereocenters. The molecular weight excluding hydrogens is 297 g/mol. The highest BCUT2D eigenvalue weighted by Crippen LogP contribution is 2.24. The average Bonchev–Trinajstić information content (AvgIpc) is 2.59. The number of hydrogen-bond donors (Lipinski definition) is 0. The van der Waals surface area contributed by atoms with Gasteiger partial charge in [-0.25, -0.2) is 4.39 Å². The predicted octanol–water partition coefficient (Wildman–Crippen LogP) is 1.96. The Labute approximate surface area is 136 Å². The van der Waals surface area contributed by atoms with Gasteiger partial charge in [-0.15, -0.1) is 0 Å². The molecule has 1 aromatic carbocycles. The van der Waals surface area contributed by atoms with Crippen molar-refractivity contribution in [3.05, 3.63) is 35.6 Å². The number of carbonyl (C=O) groups is 1. The largest absolute Gasteiger partial charge is 0.371 e. The Kier molecular flexibility index (Phi) is 6.08. The van der Waals surface area contributed by atoms with Crippen LogP contribution in [0.3, 0.4) is 0 Å². The van der Waals surface area contributed by atoms with E-state index < -0.39 is 0 Å². The highest BCUT2D eigenvalue weighted by atomic mass is 19.1. The van der Waals surface area contributed by atoms with Gasteiger partial charge in [0, 0.05) is 26.7 Å². The summed E-state index contributed by atoms with van der Waals surface area (Å²) in [5, 5.41) is 8.62. The molecule has 1 aliphatic heterocycles. The van der Waals surface area contributed by atoms with E-state index in [9.17, 15) is 9.18 Å². The van der Waals surface area contributed by atoms with Crippen LogP contribution < -0.4 is 0 Å². The summed E-state index contributed by atoms with van der Waals surface area (Å²) in [6.07, 6.45) is 0.167. The van der Waals surface area contributed by atoms with Gasteiger partial charge in [-0.05, 0) is 24.6 Å². The summed E-state index contributed by atoms with van der Waals surface area (Å²) in [5.74, 6) is -0.274. The molecule has 0 radical (unpaired) electrons. The van der Waals surface area contributed by atoms with Crippen LogP contribution in [-0.2, 0) is 9.53 Å². The molecule has 5 nitrogen and oxygen atoms in total. The van der Waals surface area contributed by atoms with Crippen LogP contribution in [0.15, 0.2) is 24.3 Å². The number of ether oxygens (including phenoxy) is 1. The van der Waals surface area contributed by atoms with Gasteiger partial charge < -0.3 is 9.64 Å². The van der Waals surface area contributed by atoms with Gasteiger partial charge >= 0.3 is 0 Å². The average molecular weight is 319 g/mol. The smallest absolute Gasteiger partial charge is 0.239 e. The van der Waals surface area contributed by atoms with Crippen molar-refractivity contribution in [2.45, 2.75) is 25.5 Å². The molecule has 1 aromatic rings. The molecule has 0 aromatic heterocycles. The van der Waals surface area contributed by atoms with Gasteiger partial charge in [0.15, 0.2) is 0 Å². The first-order valence-electron chi connectivity index (χ1n) is 7.76. The number of amides is 1. The Bertz CT molecular complexity index is 570. The Morgan fingerprint density at radius 3 is 2.87 bits per heavy atom. The molecule has 124 valence electrons. The second kappa shape index (κ2) is 8.04. The van der Waals surface area contributed by atoms with Gasteiger partial charge in [0.2, 0.25) is 5.91 Å². The third kappa shape index (κ3) is 4.50. The lowest BCUT2D eigenvalue weighted by Crippen LogP contribution is -2.50. The number of nitrogens with zero attached hydrogens (tertiary/aromatic N) is 3. The minimum atomic E-state index is -0.274. The highest BCUT2D eigenvalue weighted by molar-refractivity contribution is 5.81. The fraction of sp³-hybridized carbons (Fsp3) is 0.529. The maximum atomic E-state index is 13.0. The Morgan fingerprint density at radius 1 is 1.52 bits per heavy atom. The number of halogens is 1. The molecule has 1 saturated heterocycles. The predicted molar refractivity (Wildman–Crippen MR) is 84.0 cm³/mol. The zero-order chi connectivity index (χ0) is 16.8. The molecule has 0 unspecified atom stereocenters. The van der Waals surface area contributed by atoms with Crippen molar-refractivity contribution < 1.29 is 13.9 Å². The molecule has 1 amide bonds. The molecular formula is C17H22FN3O2. The van der Waals surface area contributed by atoms with Crippen LogP contribution in [0.4, 0.5) is 4.39 Å². The molecule has 0 bridgehead atoms. The van der Waals surface area contributed by atoms with Gasteiger partial charge in [-0.1, -0.05) is 12.1 Å². The third-order valence-electron chi connectivity index (χ3n) is 4.18. The van der Waals surface area contributed by atoms with Crippen molar-refractivity contribution in [1.82, 2.24) is 9.80 Å². The molecule has 0 N–H and O–H groups in total. The van der Waals surface area contributed by atoms with E-state index >= 15 is 0 Å². The van der Waals surface area contributed by atoms with Gasteiger partial charge in [0.05, 0.1) is 31.2 Å². The minimum Gasteiger partial charge on any atom is -0.371 e. The van der Waals surface area contributed by atoms with E-state index in [1.54, 1.807) is 24.1 Å². The molecule has 1 aliphatic rings. The maximum absolute atomic E-state index is 13.0. The van der Waals surface area contributed by atoms with Crippen LogP contribution in [-0.4, -0.2) is 55.0 Å². The monoisotopic (exact) mass is 319 g/mol. The fourth-order valence-corrected chi connectivity index (χ4v) is 2.70. The number of benzene rings is 1. The van der Waals surface area contributed by atoms with Gasteiger partial charge in [0.25, 0.3) is 0 Å². The standard InChI is InChI=1S/C17H22FN3O2/c1-13(17(22)20(2)9-3-8-19)21-10-11-23-16(12-21)14-4-6-15(18)7-5-14/h4-7,13,16H,3,9-12H2,1-2H3/t13-,16+/m1/s1. The van der Waals surface area contributed by atoms with E-state index in [4.69, 9.17) is 10.00 Å². The highest BCUT2D eigenvalue weighted by Gasteiger charge is 2.30. The molecule has 1 heterocycles. The molecule has 6 heteroatoms. The lowest BCUT2D eigenvalue weighted by Gasteiger charge is -2.37. The van der Waals surface area contributed by atoms with Gasteiger partial charge in [-0.3, -0.25) is 9.69 Å². The van der Waals surface area contributed by atoms with Crippen LogP contribution in [0.25, 0.3) is 0 Å². The van der Waals surface area contributed by atoms with E-state index in [0.717, 1.165) is 5.56 Å².